The van der Waals surface area contributed by atoms with Gasteiger partial charge in [0.2, 0.25) is 0 Å². The molecular weight excluding hydrogens is 749 g/mol. The van der Waals surface area contributed by atoms with Crippen molar-refractivity contribution in [3.8, 4) is 44.8 Å². The second-order valence-electron chi connectivity index (χ2n) is 16.7. The van der Waals surface area contributed by atoms with E-state index < -0.39 is 0 Å². The van der Waals surface area contributed by atoms with Gasteiger partial charge in [0.05, 0.1) is 22.1 Å². The molecule has 12 rings (SSSR count). The van der Waals surface area contributed by atoms with Crippen molar-refractivity contribution in [3.63, 3.8) is 0 Å². The molecule has 0 spiro atoms. The molecule has 0 aliphatic heterocycles. The van der Waals surface area contributed by atoms with Crippen molar-refractivity contribution in [2.24, 2.45) is 0 Å². The first kappa shape index (κ1) is 36.2. The number of aryl methyl sites for hydroxylation is 1. The van der Waals surface area contributed by atoms with E-state index in [1.54, 1.807) is 0 Å². The average Bonchev–Trinajstić information content (AvgIpc) is 3.85. The third-order valence-corrected chi connectivity index (χ3v) is 13.1. The SMILES string of the molecule is CCCCc1ccc2c(c1)c1cc(-c3ccc4c(c3)c3ccccc3n4-c3ccc(-c4c5ccccc5c(-c5ccccc5)c5ccccc45)cc3)ccc1n2-c1ccccc1. The van der Waals surface area contributed by atoms with E-state index in [1.807, 2.05) is 0 Å². The molecule has 0 atom stereocenters. The molecule has 0 aliphatic rings. The predicted octanol–water partition coefficient (Wildman–Crippen LogP) is 16.5. The van der Waals surface area contributed by atoms with Crippen LogP contribution in [0.15, 0.2) is 212 Å². The number of benzene rings is 10. The van der Waals surface area contributed by atoms with E-state index in [0.717, 1.165) is 12.1 Å². The molecule has 0 N–H and O–H groups in total. The van der Waals surface area contributed by atoms with E-state index in [-0.39, 0.29) is 0 Å². The first-order valence-electron chi connectivity index (χ1n) is 22.0. The van der Waals surface area contributed by atoms with Crippen molar-refractivity contribution in [2.45, 2.75) is 26.2 Å². The number of aromatic nitrogens is 2. The molecule has 2 nitrogen and oxygen atoms in total. The highest BCUT2D eigenvalue weighted by Crippen LogP contribution is 2.44. The van der Waals surface area contributed by atoms with Gasteiger partial charge in [-0.15, -0.1) is 0 Å². The Labute approximate surface area is 361 Å². The molecule has 2 heterocycles. The number of hydrogen-bond acceptors (Lipinski definition) is 0. The largest absolute Gasteiger partial charge is 0.309 e. The lowest BCUT2D eigenvalue weighted by Crippen LogP contribution is -1.95. The Hall–Kier alpha value is -7.68. The Morgan fingerprint density at radius 2 is 0.710 bits per heavy atom. The van der Waals surface area contributed by atoms with Crippen molar-refractivity contribution in [2.75, 3.05) is 0 Å². The zero-order chi connectivity index (χ0) is 41.1. The highest BCUT2D eigenvalue weighted by Gasteiger charge is 2.19. The Morgan fingerprint density at radius 1 is 0.306 bits per heavy atom. The number of unbranched alkanes of at least 4 members (excludes halogenated alkanes) is 1. The van der Waals surface area contributed by atoms with Crippen LogP contribution in [0.1, 0.15) is 25.3 Å². The standard InChI is InChI=1S/C60H44N2/c1-2-3-16-40-27-34-56-52(37-40)54-39-44(31-36-58(54)61(56)45-19-8-5-9-20-45)43-30-35-57-53(38-43)47-21-14-15-26-55(47)62(57)46-32-28-42(29-33-46)60-50-24-12-10-22-48(50)59(41-17-6-4-7-18-41)49-23-11-13-25-51(49)60/h4-15,17-39H,2-3,16H2,1H3. The first-order valence-corrected chi connectivity index (χ1v) is 22.0. The Morgan fingerprint density at radius 3 is 1.27 bits per heavy atom. The summed E-state index contributed by atoms with van der Waals surface area (Å²) in [7, 11) is 0. The van der Waals surface area contributed by atoms with Gasteiger partial charge in [-0.1, -0.05) is 159 Å². The van der Waals surface area contributed by atoms with Gasteiger partial charge in [-0.3, -0.25) is 0 Å². The van der Waals surface area contributed by atoms with E-state index in [4.69, 9.17) is 0 Å². The number of hydrogen-bond donors (Lipinski definition) is 0. The van der Waals surface area contributed by atoms with Gasteiger partial charge in [0.15, 0.2) is 0 Å². The van der Waals surface area contributed by atoms with Crippen molar-refractivity contribution in [3.05, 3.63) is 218 Å². The van der Waals surface area contributed by atoms with Crippen LogP contribution in [-0.2, 0) is 6.42 Å². The fourth-order valence-corrected chi connectivity index (χ4v) is 10.2. The summed E-state index contributed by atoms with van der Waals surface area (Å²) >= 11 is 0. The monoisotopic (exact) mass is 792 g/mol. The minimum absolute atomic E-state index is 1.10. The summed E-state index contributed by atoms with van der Waals surface area (Å²) in [5, 5.41) is 10.2. The van der Waals surface area contributed by atoms with Crippen LogP contribution in [0.4, 0.5) is 0 Å². The lowest BCUT2D eigenvalue weighted by molar-refractivity contribution is 0.796. The summed E-state index contributed by atoms with van der Waals surface area (Å²) in [4.78, 5) is 0. The van der Waals surface area contributed by atoms with Gasteiger partial charge in [-0.05, 0) is 140 Å². The van der Waals surface area contributed by atoms with Gasteiger partial charge in [0.25, 0.3) is 0 Å². The third kappa shape index (κ3) is 5.79. The molecule has 0 bridgehead atoms. The van der Waals surface area contributed by atoms with E-state index in [9.17, 15) is 0 Å². The van der Waals surface area contributed by atoms with E-state index in [2.05, 4.69) is 228 Å². The molecule has 62 heavy (non-hydrogen) atoms. The quantitative estimate of drug-likeness (QED) is 0.136. The van der Waals surface area contributed by atoms with Crippen molar-refractivity contribution in [1.29, 1.82) is 0 Å². The molecule has 2 aromatic heterocycles. The molecular formula is C60H44N2. The molecule has 2 heteroatoms. The lowest BCUT2D eigenvalue weighted by Gasteiger charge is -2.18. The van der Waals surface area contributed by atoms with E-state index in [0.29, 0.717) is 0 Å². The topological polar surface area (TPSA) is 9.86 Å². The number of rotatable bonds is 8. The van der Waals surface area contributed by atoms with Crippen LogP contribution in [0.25, 0.3) is 110 Å². The maximum Gasteiger partial charge on any atom is 0.0541 e. The Kier molecular flexibility index (Phi) is 8.64. The van der Waals surface area contributed by atoms with Gasteiger partial charge < -0.3 is 9.13 Å². The average molecular weight is 793 g/mol. The number of nitrogens with zero attached hydrogens (tertiary/aromatic N) is 2. The van der Waals surface area contributed by atoms with E-state index in [1.165, 1.54) is 123 Å². The van der Waals surface area contributed by atoms with Gasteiger partial charge >= 0.3 is 0 Å². The number of fused-ring (bicyclic) bond motifs is 8. The summed E-state index contributed by atoms with van der Waals surface area (Å²) in [5.74, 6) is 0. The normalized spacial score (nSPS) is 11.8. The molecule has 0 amide bonds. The van der Waals surface area contributed by atoms with Crippen molar-refractivity contribution >= 4 is 65.2 Å². The third-order valence-electron chi connectivity index (χ3n) is 13.1. The molecule has 0 radical (unpaired) electrons. The molecule has 294 valence electrons. The summed E-state index contributed by atoms with van der Waals surface area (Å²) in [6.45, 7) is 2.27. The fraction of sp³-hybridized carbons (Fsp3) is 0.0667. The Balaban J connectivity index is 0.985. The summed E-state index contributed by atoms with van der Waals surface area (Å²) in [6, 6.07) is 78.6. The van der Waals surface area contributed by atoms with E-state index >= 15 is 0 Å². The second kappa shape index (κ2) is 14.8. The lowest BCUT2D eigenvalue weighted by atomic mass is 9.86. The van der Waals surface area contributed by atoms with Crippen LogP contribution in [-0.4, -0.2) is 9.13 Å². The van der Waals surface area contributed by atoms with Crippen LogP contribution in [0.3, 0.4) is 0 Å². The maximum atomic E-state index is 2.43. The predicted molar refractivity (Wildman–Crippen MR) is 265 cm³/mol. The van der Waals surface area contributed by atoms with Crippen LogP contribution < -0.4 is 0 Å². The molecule has 0 saturated heterocycles. The van der Waals surface area contributed by atoms with Crippen LogP contribution >= 0.6 is 0 Å². The van der Waals surface area contributed by atoms with Crippen LogP contribution in [0.2, 0.25) is 0 Å². The van der Waals surface area contributed by atoms with Crippen molar-refractivity contribution in [1.82, 2.24) is 9.13 Å². The number of para-hydroxylation sites is 2. The molecule has 0 unspecified atom stereocenters. The molecule has 0 aliphatic carbocycles. The zero-order valence-electron chi connectivity index (χ0n) is 34.7. The van der Waals surface area contributed by atoms with Gasteiger partial charge in [0, 0.05) is 32.9 Å². The van der Waals surface area contributed by atoms with Gasteiger partial charge in [-0.2, -0.15) is 0 Å². The van der Waals surface area contributed by atoms with Gasteiger partial charge in [0.1, 0.15) is 0 Å². The van der Waals surface area contributed by atoms with Crippen molar-refractivity contribution < 1.29 is 0 Å². The van der Waals surface area contributed by atoms with Crippen LogP contribution in [0, 0.1) is 0 Å². The fourth-order valence-electron chi connectivity index (χ4n) is 10.2. The molecule has 0 saturated carbocycles. The maximum absolute atomic E-state index is 2.43. The summed E-state index contributed by atoms with van der Waals surface area (Å²) in [6.07, 6.45) is 3.49. The Bertz CT molecular complexity index is 3590. The van der Waals surface area contributed by atoms with Gasteiger partial charge in [-0.25, -0.2) is 0 Å². The molecule has 10 aromatic carbocycles. The molecule has 0 fully saturated rings. The highest BCUT2D eigenvalue weighted by molar-refractivity contribution is 6.21. The zero-order valence-corrected chi connectivity index (χ0v) is 34.7. The van der Waals surface area contributed by atoms with Crippen LogP contribution in [0.5, 0.6) is 0 Å². The molecule has 12 aromatic rings. The second-order valence-corrected chi connectivity index (χ2v) is 16.7. The smallest absolute Gasteiger partial charge is 0.0541 e. The minimum atomic E-state index is 1.10. The highest BCUT2D eigenvalue weighted by atomic mass is 15.0. The summed E-state index contributed by atoms with van der Waals surface area (Å²) < 4.78 is 4.85. The first-order chi connectivity index (χ1) is 30.7. The summed E-state index contributed by atoms with van der Waals surface area (Å²) in [5.41, 5.74) is 16.1. The minimum Gasteiger partial charge on any atom is -0.309 e.